The van der Waals surface area contributed by atoms with E-state index in [4.69, 9.17) is 5.11 Å². The van der Waals surface area contributed by atoms with Gasteiger partial charge in [-0.1, -0.05) is 0 Å². The van der Waals surface area contributed by atoms with Crippen LogP contribution in [-0.4, -0.2) is 40.2 Å². The normalized spacial score (nSPS) is 10.6. The zero-order chi connectivity index (χ0) is 13.0. The van der Waals surface area contributed by atoms with E-state index in [2.05, 4.69) is 0 Å². The highest BCUT2D eigenvalue weighted by molar-refractivity contribution is 5.97. The van der Waals surface area contributed by atoms with Gasteiger partial charge in [-0.25, -0.2) is 4.39 Å². The van der Waals surface area contributed by atoms with Gasteiger partial charge in [0.25, 0.3) is 5.91 Å². The monoisotopic (exact) mass is 241 g/mol. The van der Waals surface area contributed by atoms with Crippen LogP contribution in [0.4, 0.5) is 4.39 Å². The molecule has 0 saturated carbocycles. The minimum absolute atomic E-state index is 0.0906. The van der Waals surface area contributed by atoms with Gasteiger partial charge in [0.05, 0.1) is 12.2 Å². The first-order chi connectivity index (χ1) is 7.97. The summed E-state index contributed by atoms with van der Waals surface area (Å²) in [5.74, 6) is -1.34. The van der Waals surface area contributed by atoms with Gasteiger partial charge in [0.2, 0.25) is 0 Å². The lowest BCUT2D eigenvalue weighted by Crippen LogP contribution is -2.39. The topological polar surface area (TPSA) is 60.8 Å². The van der Waals surface area contributed by atoms with Crippen molar-refractivity contribution in [3.8, 4) is 5.75 Å². The second-order valence-corrected chi connectivity index (χ2v) is 3.98. The molecule has 17 heavy (non-hydrogen) atoms. The molecular formula is C12H16FNO3. The lowest BCUT2D eigenvalue weighted by atomic mass is 10.1. The molecule has 0 unspecified atom stereocenters. The first kappa shape index (κ1) is 13.4. The molecule has 0 radical (unpaired) electrons. The number of carbonyl (C=O) groups is 1. The summed E-state index contributed by atoms with van der Waals surface area (Å²) >= 11 is 0. The standard InChI is InChI=1S/C12H16FNO3/c1-8(2)14(5-6-15)12(17)10-7-9(13)3-4-11(10)16/h3-4,7-8,15-16H,5-6H2,1-2H3. The molecule has 0 bridgehead atoms. The maximum Gasteiger partial charge on any atom is 0.258 e. The highest BCUT2D eigenvalue weighted by Crippen LogP contribution is 2.20. The number of halogens is 1. The number of aliphatic hydroxyl groups excluding tert-OH is 1. The number of aromatic hydroxyl groups is 1. The van der Waals surface area contributed by atoms with Crippen LogP contribution in [0, 0.1) is 5.82 Å². The van der Waals surface area contributed by atoms with Crippen LogP contribution in [0.3, 0.4) is 0 Å². The second-order valence-electron chi connectivity index (χ2n) is 3.98. The average Bonchev–Trinajstić information content (AvgIpc) is 2.28. The van der Waals surface area contributed by atoms with Crippen molar-refractivity contribution in [2.24, 2.45) is 0 Å². The fourth-order valence-corrected chi connectivity index (χ4v) is 1.54. The quantitative estimate of drug-likeness (QED) is 0.837. The van der Waals surface area contributed by atoms with Crippen molar-refractivity contribution in [1.29, 1.82) is 0 Å². The molecule has 2 N–H and O–H groups in total. The Hall–Kier alpha value is -1.62. The summed E-state index contributed by atoms with van der Waals surface area (Å²) in [6, 6.07) is 3.07. The van der Waals surface area contributed by atoms with Crippen LogP contribution in [0.2, 0.25) is 0 Å². The van der Waals surface area contributed by atoms with Gasteiger partial charge in [-0.3, -0.25) is 4.79 Å². The molecule has 1 aromatic carbocycles. The van der Waals surface area contributed by atoms with E-state index >= 15 is 0 Å². The van der Waals surface area contributed by atoms with Crippen LogP contribution >= 0.6 is 0 Å². The molecule has 1 aromatic rings. The Morgan fingerprint density at radius 3 is 2.65 bits per heavy atom. The number of amides is 1. The summed E-state index contributed by atoms with van der Waals surface area (Å²) in [6.45, 7) is 3.53. The fraction of sp³-hybridized carbons (Fsp3) is 0.417. The van der Waals surface area contributed by atoms with Gasteiger partial charge in [-0.15, -0.1) is 0 Å². The van der Waals surface area contributed by atoms with Crippen LogP contribution in [0.5, 0.6) is 5.75 Å². The number of phenols is 1. The van der Waals surface area contributed by atoms with Crippen molar-refractivity contribution in [2.45, 2.75) is 19.9 Å². The number of aliphatic hydroxyl groups is 1. The third-order valence-electron chi connectivity index (χ3n) is 2.41. The summed E-state index contributed by atoms with van der Waals surface area (Å²) in [4.78, 5) is 13.4. The van der Waals surface area contributed by atoms with Gasteiger partial charge in [0.1, 0.15) is 11.6 Å². The van der Waals surface area contributed by atoms with E-state index in [0.717, 1.165) is 18.2 Å². The molecule has 0 aromatic heterocycles. The molecule has 1 rings (SSSR count). The van der Waals surface area contributed by atoms with Crippen LogP contribution in [0.15, 0.2) is 18.2 Å². The number of hydrogen-bond acceptors (Lipinski definition) is 3. The second kappa shape index (κ2) is 5.63. The summed E-state index contributed by atoms with van der Waals surface area (Å²) in [6.07, 6.45) is 0. The molecule has 94 valence electrons. The van der Waals surface area contributed by atoms with Gasteiger partial charge in [0, 0.05) is 12.6 Å². The number of phenolic OH excluding ortho intramolecular Hbond substituents is 1. The Kier molecular flexibility index (Phi) is 4.45. The Bertz CT molecular complexity index is 407. The van der Waals surface area contributed by atoms with Gasteiger partial charge >= 0.3 is 0 Å². The van der Waals surface area contributed by atoms with E-state index in [1.54, 1.807) is 13.8 Å². The SMILES string of the molecule is CC(C)N(CCO)C(=O)c1cc(F)ccc1O. The molecular weight excluding hydrogens is 225 g/mol. The maximum absolute atomic E-state index is 13.0. The number of nitrogens with zero attached hydrogens (tertiary/aromatic N) is 1. The van der Waals surface area contributed by atoms with E-state index in [9.17, 15) is 14.3 Å². The van der Waals surface area contributed by atoms with Crippen LogP contribution in [0.1, 0.15) is 24.2 Å². The van der Waals surface area contributed by atoms with E-state index in [-0.39, 0.29) is 30.5 Å². The minimum Gasteiger partial charge on any atom is -0.507 e. The van der Waals surface area contributed by atoms with Crippen LogP contribution in [-0.2, 0) is 0 Å². The van der Waals surface area contributed by atoms with E-state index in [1.807, 2.05) is 0 Å². The number of carbonyl (C=O) groups excluding carboxylic acids is 1. The van der Waals surface area contributed by atoms with Crippen molar-refractivity contribution in [1.82, 2.24) is 4.90 Å². The number of hydrogen-bond donors (Lipinski definition) is 2. The molecule has 0 aliphatic rings. The summed E-state index contributed by atoms with van der Waals surface area (Å²) in [5, 5.41) is 18.4. The zero-order valence-electron chi connectivity index (χ0n) is 9.85. The molecule has 1 amide bonds. The molecule has 0 atom stereocenters. The van der Waals surface area contributed by atoms with Crippen molar-refractivity contribution >= 4 is 5.91 Å². The highest BCUT2D eigenvalue weighted by atomic mass is 19.1. The average molecular weight is 241 g/mol. The first-order valence-electron chi connectivity index (χ1n) is 5.37. The predicted molar refractivity (Wildman–Crippen MR) is 61.3 cm³/mol. The van der Waals surface area contributed by atoms with Gasteiger partial charge < -0.3 is 15.1 Å². The van der Waals surface area contributed by atoms with Crippen LogP contribution < -0.4 is 0 Å². The van der Waals surface area contributed by atoms with E-state index in [0.29, 0.717) is 0 Å². The molecule has 0 heterocycles. The summed E-state index contributed by atoms with van der Waals surface area (Å²) in [7, 11) is 0. The largest absolute Gasteiger partial charge is 0.507 e. The number of rotatable bonds is 4. The first-order valence-corrected chi connectivity index (χ1v) is 5.37. The Balaban J connectivity index is 3.04. The van der Waals surface area contributed by atoms with Gasteiger partial charge in [0.15, 0.2) is 0 Å². The lowest BCUT2D eigenvalue weighted by molar-refractivity contribution is 0.0662. The van der Waals surface area contributed by atoms with Crippen molar-refractivity contribution in [3.63, 3.8) is 0 Å². The lowest BCUT2D eigenvalue weighted by Gasteiger charge is -2.26. The maximum atomic E-state index is 13.0. The molecule has 5 heteroatoms. The molecule has 0 spiro atoms. The van der Waals surface area contributed by atoms with Crippen molar-refractivity contribution < 1.29 is 19.4 Å². The molecule has 0 fully saturated rings. The third kappa shape index (κ3) is 3.17. The van der Waals surface area contributed by atoms with Crippen LogP contribution in [0.25, 0.3) is 0 Å². The third-order valence-corrected chi connectivity index (χ3v) is 2.41. The van der Waals surface area contributed by atoms with Crippen molar-refractivity contribution in [2.75, 3.05) is 13.2 Å². The number of benzene rings is 1. The highest BCUT2D eigenvalue weighted by Gasteiger charge is 2.21. The summed E-state index contributed by atoms with van der Waals surface area (Å²) < 4.78 is 13.0. The predicted octanol–water partition coefficient (Wildman–Crippen LogP) is 1.37. The zero-order valence-corrected chi connectivity index (χ0v) is 9.85. The molecule has 0 aliphatic heterocycles. The Morgan fingerprint density at radius 1 is 1.47 bits per heavy atom. The molecule has 4 nitrogen and oxygen atoms in total. The van der Waals surface area contributed by atoms with Crippen molar-refractivity contribution in [3.05, 3.63) is 29.6 Å². The fourth-order valence-electron chi connectivity index (χ4n) is 1.54. The smallest absolute Gasteiger partial charge is 0.258 e. The Morgan fingerprint density at radius 2 is 2.12 bits per heavy atom. The van der Waals surface area contributed by atoms with Gasteiger partial charge in [-0.05, 0) is 32.0 Å². The Labute approximate surface area is 99.3 Å². The minimum atomic E-state index is -0.584. The van der Waals surface area contributed by atoms with E-state index in [1.165, 1.54) is 4.90 Å². The van der Waals surface area contributed by atoms with Gasteiger partial charge in [-0.2, -0.15) is 0 Å². The van der Waals surface area contributed by atoms with E-state index < -0.39 is 11.7 Å². The molecule has 0 aliphatic carbocycles. The molecule has 0 saturated heterocycles. The summed E-state index contributed by atoms with van der Waals surface area (Å²) in [5.41, 5.74) is -0.0906.